The van der Waals surface area contributed by atoms with Gasteiger partial charge in [-0.05, 0) is 29.3 Å². The van der Waals surface area contributed by atoms with Crippen molar-refractivity contribution in [1.82, 2.24) is 0 Å². The van der Waals surface area contributed by atoms with E-state index in [-0.39, 0.29) is 11.1 Å². The Morgan fingerprint density at radius 2 is 1.57 bits per heavy atom. The Hall–Kier alpha value is -2.18. The van der Waals surface area contributed by atoms with E-state index in [1.807, 2.05) is 12.1 Å². The molecule has 108 valence electrons. The van der Waals surface area contributed by atoms with Crippen LogP contribution in [0.2, 0.25) is 0 Å². The molecule has 2 amide bonds. The van der Waals surface area contributed by atoms with E-state index < -0.39 is 11.8 Å². The molecule has 0 saturated heterocycles. The van der Waals surface area contributed by atoms with Crippen molar-refractivity contribution in [2.75, 3.05) is 0 Å². The average Bonchev–Trinajstić information content (AvgIpc) is 2.46. The number of benzene rings is 2. The summed E-state index contributed by atoms with van der Waals surface area (Å²) < 4.78 is 0.710. The molecular weight excluding hydrogens is 334 g/mol. The summed E-state index contributed by atoms with van der Waals surface area (Å²) in [4.78, 5) is 23.3. The van der Waals surface area contributed by atoms with Crippen LogP contribution >= 0.6 is 15.9 Å². The van der Waals surface area contributed by atoms with Crippen LogP contribution in [-0.2, 0) is 6.54 Å². The van der Waals surface area contributed by atoms with E-state index in [4.69, 9.17) is 17.2 Å². The van der Waals surface area contributed by atoms with Gasteiger partial charge in [-0.2, -0.15) is 0 Å². The molecule has 0 fully saturated rings. The van der Waals surface area contributed by atoms with Gasteiger partial charge in [-0.3, -0.25) is 9.59 Å². The Balaban J connectivity index is 2.78. The van der Waals surface area contributed by atoms with E-state index in [0.29, 0.717) is 22.1 Å². The summed E-state index contributed by atoms with van der Waals surface area (Å²) in [5, 5.41) is 0. The predicted octanol–water partition coefficient (Wildman–Crippen LogP) is 1.77. The van der Waals surface area contributed by atoms with Crippen molar-refractivity contribution in [3.05, 3.63) is 57.6 Å². The second-order valence-electron chi connectivity index (χ2n) is 4.47. The fourth-order valence-electron chi connectivity index (χ4n) is 2.14. The van der Waals surface area contributed by atoms with Crippen LogP contribution in [0.1, 0.15) is 26.3 Å². The van der Waals surface area contributed by atoms with Crippen LogP contribution in [0.3, 0.4) is 0 Å². The monoisotopic (exact) mass is 347 g/mol. The van der Waals surface area contributed by atoms with Gasteiger partial charge >= 0.3 is 0 Å². The maximum atomic E-state index is 11.6. The van der Waals surface area contributed by atoms with Gasteiger partial charge in [-0.15, -0.1) is 0 Å². The third-order valence-electron chi connectivity index (χ3n) is 3.13. The van der Waals surface area contributed by atoms with Gasteiger partial charge in [0, 0.05) is 27.7 Å². The first-order valence-electron chi connectivity index (χ1n) is 6.17. The van der Waals surface area contributed by atoms with Gasteiger partial charge in [0.2, 0.25) is 11.8 Å². The van der Waals surface area contributed by atoms with Gasteiger partial charge in [-0.1, -0.05) is 34.1 Å². The molecule has 0 aliphatic rings. The van der Waals surface area contributed by atoms with E-state index in [1.165, 1.54) is 0 Å². The molecule has 2 aromatic carbocycles. The second kappa shape index (κ2) is 6.07. The fourth-order valence-corrected chi connectivity index (χ4v) is 2.77. The van der Waals surface area contributed by atoms with Crippen LogP contribution in [0.25, 0.3) is 11.1 Å². The minimum atomic E-state index is -0.622. The number of primary amides is 2. The highest BCUT2D eigenvalue weighted by Crippen LogP contribution is 2.34. The van der Waals surface area contributed by atoms with Crippen molar-refractivity contribution in [1.29, 1.82) is 0 Å². The number of amides is 2. The maximum Gasteiger partial charge on any atom is 0.249 e. The summed E-state index contributed by atoms with van der Waals surface area (Å²) in [6, 6.07) is 10.1. The number of rotatable bonds is 4. The number of carbonyl (C=O) groups excluding carboxylic acids is 2. The number of halogens is 1. The Labute approximate surface area is 130 Å². The smallest absolute Gasteiger partial charge is 0.249 e. The molecule has 0 unspecified atom stereocenters. The summed E-state index contributed by atoms with van der Waals surface area (Å²) in [5.41, 5.74) is 18.9. The van der Waals surface area contributed by atoms with Crippen LogP contribution in [-0.4, -0.2) is 11.8 Å². The zero-order valence-corrected chi connectivity index (χ0v) is 12.7. The molecule has 0 saturated carbocycles. The van der Waals surface area contributed by atoms with Gasteiger partial charge in [0.05, 0.1) is 0 Å². The zero-order chi connectivity index (χ0) is 15.6. The van der Waals surface area contributed by atoms with E-state index in [1.54, 1.807) is 24.3 Å². The normalized spacial score (nSPS) is 10.4. The highest BCUT2D eigenvalue weighted by molar-refractivity contribution is 9.10. The minimum Gasteiger partial charge on any atom is -0.366 e. The first-order valence-corrected chi connectivity index (χ1v) is 6.96. The Bertz CT molecular complexity index is 697. The molecule has 5 nitrogen and oxygen atoms in total. The lowest BCUT2D eigenvalue weighted by Gasteiger charge is -2.13. The van der Waals surface area contributed by atoms with Crippen molar-refractivity contribution in [3.63, 3.8) is 0 Å². The highest BCUT2D eigenvalue weighted by Gasteiger charge is 2.19. The highest BCUT2D eigenvalue weighted by atomic mass is 79.9. The third-order valence-corrected chi connectivity index (χ3v) is 3.79. The summed E-state index contributed by atoms with van der Waals surface area (Å²) in [7, 11) is 0. The van der Waals surface area contributed by atoms with Gasteiger partial charge in [-0.25, -0.2) is 0 Å². The summed E-state index contributed by atoms with van der Waals surface area (Å²) in [5.74, 6) is -1.24. The standard InChI is InChI=1S/C15H14BrN3O2/c16-12-6-8(7-17)4-5-9(12)13-10(14(18)20)2-1-3-11(13)15(19)21/h1-6H,7,17H2,(H2,18,20)(H2,19,21). The van der Waals surface area contributed by atoms with Crippen molar-refractivity contribution in [2.24, 2.45) is 17.2 Å². The SMILES string of the molecule is NCc1ccc(-c2c(C(N)=O)cccc2C(N)=O)c(Br)c1. The van der Waals surface area contributed by atoms with E-state index in [9.17, 15) is 9.59 Å². The van der Waals surface area contributed by atoms with Crippen molar-refractivity contribution in [2.45, 2.75) is 6.54 Å². The van der Waals surface area contributed by atoms with E-state index >= 15 is 0 Å². The van der Waals surface area contributed by atoms with Crippen LogP contribution in [0.4, 0.5) is 0 Å². The van der Waals surface area contributed by atoms with Crippen LogP contribution < -0.4 is 17.2 Å². The Morgan fingerprint density at radius 1 is 1.00 bits per heavy atom. The lowest BCUT2D eigenvalue weighted by atomic mass is 9.93. The van der Waals surface area contributed by atoms with Gasteiger partial charge in [0.15, 0.2) is 0 Å². The summed E-state index contributed by atoms with van der Waals surface area (Å²) >= 11 is 3.43. The quantitative estimate of drug-likeness (QED) is 0.783. The third kappa shape index (κ3) is 2.96. The molecule has 0 aliphatic heterocycles. The molecule has 21 heavy (non-hydrogen) atoms. The molecule has 6 heteroatoms. The zero-order valence-electron chi connectivity index (χ0n) is 11.1. The van der Waals surface area contributed by atoms with Gasteiger partial charge in [0.1, 0.15) is 0 Å². The molecule has 0 bridgehead atoms. The average molecular weight is 348 g/mol. The molecular formula is C15H14BrN3O2. The molecule has 0 aliphatic carbocycles. The molecule has 6 N–H and O–H groups in total. The van der Waals surface area contributed by atoms with Crippen LogP contribution in [0, 0.1) is 0 Å². The van der Waals surface area contributed by atoms with Crippen LogP contribution in [0.15, 0.2) is 40.9 Å². The minimum absolute atomic E-state index is 0.243. The van der Waals surface area contributed by atoms with Crippen LogP contribution in [0.5, 0.6) is 0 Å². The molecule has 0 heterocycles. The molecule has 2 rings (SSSR count). The molecule has 0 radical (unpaired) electrons. The predicted molar refractivity (Wildman–Crippen MR) is 84.5 cm³/mol. The second-order valence-corrected chi connectivity index (χ2v) is 5.33. The largest absolute Gasteiger partial charge is 0.366 e. The fraction of sp³-hybridized carbons (Fsp3) is 0.0667. The lowest BCUT2D eigenvalue weighted by molar-refractivity contribution is 0.0999. The van der Waals surface area contributed by atoms with E-state index in [0.717, 1.165) is 5.56 Å². The summed E-state index contributed by atoms with van der Waals surface area (Å²) in [6.45, 7) is 0.388. The Morgan fingerprint density at radius 3 is 2.00 bits per heavy atom. The maximum absolute atomic E-state index is 11.6. The first-order chi connectivity index (χ1) is 9.95. The topological polar surface area (TPSA) is 112 Å². The first kappa shape index (κ1) is 15.2. The molecule has 2 aromatic rings. The Kier molecular flexibility index (Phi) is 4.40. The lowest BCUT2D eigenvalue weighted by Crippen LogP contribution is -2.18. The van der Waals surface area contributed by atoms with Gasteiger partial charge < -0.3 is 17.2 Å². The van der Waals surface area contributed by atoms with Crippen molar-refractivity contribution >= 4 is 27.7 Å². The van der Waals surface area contributed by atoms with E-state index in [2.05, 4.69) is 15.9 Å². The molecule has 0 spiro atoms. The number of carbonyl (C=O) groups is 2. The summed E-state index contributed by atoms with van der Waals surface area (Å²) in [6.07, 6.45) is 0. The number of hydrogen-bond acceptors (Lipinski definition) is 3. The van der Waals surface area contributed by atoms with Gasteiger partial charge in [0.25, 0.3) is 0 Å². The number of nitrogens with two attached hydrogens (primary N) is 3. The molecule has 0 atom stereocenters. The van der Waals surface area contributed by atoms with Crippen molar-refractivity contribution < 1.29 is 9.59 Å². The molecule has 0 aromatic heterocycles. The van der Waals surface area contributed by atoms with Crippen molar-refractivity contribution in [3.8, 4) is 11.1 Å². The number of hydrogen-bond donors (Lipinski definition) is 3.